The van der Waals surface area contributed by atoms with Crippen molar-refractivity contribution in [2.45, 2.75) is 20.4 Å². The molecule has 7 heteroatoms. The first-order valence-corrected chi connectivity index (χ1v) is 7.61. The lowest BCUT2D eigenvalue weighted by Gasteiger charge is -2.11. The van der Waals surface area contributed by atoms with E-state index in [4.69, 9.17) is 21.9 Å². The van der Waals surface area contributed by atoms with Crippen molar-refractivity contribution in [1.29, 1.82) is 0 Å². The summed E-state index contributed by atoms with van der Waals surface area (Å²) in [6, 6.07) is 5.93. The number of hydrogen-bond donors (Lipinski definition) is 1. The Balaban J connectivity index is 2.08. The molecule has 0 spiro atoms. The second-order valence-corrected chi connectivity index (χ2v) is 5.97. The third-order valence-corrected chi connectivity index (χ3v) is 4.06. The fourth-order valence-electron chi connectivity index (χ4n) is 2.64. The highest BCUT2D eigenvalue weighted by Gasteiger charge is 2.14. The standard InChI is InChI=1S/C17H15ClFN3O2/c1-9-16(10(2)24-21-9)12-6-15(20)17(23)22(8-12)7-11-3-4-14(19)13(18)5-11/h3-6,8H,7,20H2,1-2H3. The van der Waals surface area contributed by atoms with Crippen molar-refractivity contribution in [3.8, 4) is 11.1 Å². The number of nitrogens with two attached hydrogens (primary N) is 1. The molecule has 0 aliphatic heterocycles. The van der Waals surface area contributed by atoms with Gasteiger partial charge in [-0.15, -0.1) is 0 Å². The van der Waals surface area contributed by atoms with Gasteiger partial charge in [0.25, 0.3) is 5.56 Å². The van der Waals surface area contributed by atoms with Gasteiger partial charge in [0.1, 0.15) is 11.6 Å². The Morgan fingerprint density at radius 2 is 2.08 bits per heavy atom. The predicted molar refractivity (Wildman–Crippen MR) is 90.6 cm³/mol. The van der Waals surface area contributed by atoms with Crippen LogP contribution < -0.4 is 11.3 Å². The van der Waals surface area contributed by atoms with E-state index in [1.165, 1.54) is 16.7 Å². The summed E-state index contributed by atoms with van der Waals surface area (Å²) in [5.74, 6) is 0.138. The largest absolute Gasteiger partial charge is 0.394 e. The second kappa shape index (κ2) is 6.13. The van der Waals surface area contributed by atoms with Crippen LogP contribution in [0.5, 0.6) is 0 Å². The number of aromatic nitrogens is 2. The van der Waals surface area contributed by atoms with Crippen molar-refractivity contribution < 1.29 is 8.91 Å². The zero-order valence-electron chi connectivity index (χ0n) is 13.1. The molecule has 1 aromatic carbocycles. The van der Waals surface area contributed by atoms with Crippen LogP contribution in [-0.2, 0) is 6.54 Å². The van der Waals surface area contributed by atoms with Gasteiger partial charge in [0, 0.05) is 17.3 Å². The molecule has 0 saturated heterocycles. The van der Waals surface area contributed by atoms with Crippen LogP contribution >= 0.6 is 11.6 Å². The monoisotopic (exact) mass is 347 g/mol. The Bertz CT molecular complexity index is 959. The average Bonchev–Trinajstić information content (AvgIpc) is 2.86. The third kappa shape index (κ3) is 2.92. The first-order valence-electron chi connectivity index (χ1n) is 7.24. The second-order valence-electron chi connectivity index (χ2n) is 5.56. The van der Waals surface area contributed by atoms with Crippen LogP contribution in [0, 0.1) is 19.7 Å². The smallest absolute Gasteiger partial charge is 0.274 e. The molecule has 124 valence electrons. The molecular weight excluding hydrogens is 333 g/mol. The van der Waals surface area contributed by atoms with Gasteiger partial charge in [-0.2, -0.15) is 0 Å². The van der Waals surface area contributed by atoms with Gasteiger partial charge in [0.2, 0.25) is 0 Å². The highest BCUT2D eigenvalue weighted by atomic mass is 35.5. The molecular formula is C17H15ClFN3O2. The Hall–Kier alpha value is -2.60. The highest BCUT2D eigenvalue weighted by Crippen LogP contribution is 2.27. The maximum atomic E-state index is 13.3. The van der Waals surface area contributed by atoms with Gasteiger partial charge in [-0.25, -0.2) is 4.39 Å². The molecule has 0 unspecified atom stereocenters. The molecule has 0 atom stereocenters. The predicted octanol–water partition coefficient (Wildman–Crippen LogP) is 3.54. The lowest BCUT2D eigenvalue weighted by Crippen LogP contribution is -2.23. The Morgan fingerprint density at radius 1 is 1.33 bits per heavy atom. The fraction of sp³-hybridized carbons (Fsp3) is 0.176. The van der Waals surface area contributed by atoms with Crippen LogP contribution in [0.25, 0.3) is 11.1 Å². The van der Waals surface area contributed by atoms with E-state index in [-0.39, 0.29) is 22.8 Å². The molecule has 3 aromatic rings. The van der Waals surface area contributed by atoms with Gasteiger partial charge in [0.05, 0.1) is 22.9 Å². The van der Waals surface area contributed by atoms with E-state index in [0.717, 1.165) is 11.1 Å². The summed E-state index contributed by atoms with van der Waals surface area (Å²) in [6.07, 6.45) is 1.68. The third-order valence-electron chi connectivity index (χ3n) is 3.77. The maximum absolute atomic E-state index is 13.3. The zero-order chi connectivity index (χ0) is 17.4. The van der Waals surface area contributed by atoms with Gasteiger partial charge in [0.15, 0.2) is 0 Å². The number of nitrogen functional groups attached to an aromatic ring is 1. The van der Waals surface area contributed by atoms with Gasteiger partial charge in [-0.3, -0.25) is 4.79 Å². The molecule has 0 bridgehead atoms. The summed E-state index contributed by atoms with van der Waals surface area (Å²) in [6.45, 7) is 3.83. The van der Waals surface area contributed by atoms with E-state index in [0.29, 0.717) is 17.0 Å². The molecule has 2 N–H and O–H groups in total. The number of pyridine rings is 1. The summed E-state index contributed by atoms with van der Waals surface area (Å²) in [7, 11) is 0. The van der Waals surface area contributed by atoms with Crippen molar-refractivity contribution in [3.63, 3.8) is 0 Å². The molecule has 0 saturated carbocycles. The summed E-state index contributed by atoms with van der Waals surface area (Å²) >= 11 is 5.80. The van der Waals surface area contributed by atoms with E-state index < -0.39 is 5.82 Å². The lowest BCUT2D eigenvalue weighted by molar-refractivity contribution is 0.393. The van der Waals surface area contributed by atoms with E-state index in [1.807, 2.05) is 6.92 Å². The van der Waals surface area contributed by atoms with E-state index in [9.17, 15) is 9.18 Å². The van der Waals surface area contributed by atoms with Crippen LogP contribution in [0.1, 0.15) is 17.0 Å². The first kappa shape index (κ1) is 16.3. The molecule has 24 heavy (non-hydrogen) atoms. The van der Waals surface area contributed by atoms with Crippen LogP contribution in [0.15, 0.2) is 39.8 Å². The molecule has 2 aromatic heterocycles. The van der Waals surface area contributed by atoms with Crippen LogP contribution in [0.2, 0.25) is 5.02 Å². The van der Waals surface area contributed by atoms with Crippen molar-refractivity contribution in [2.24, 2.45) is 0 Å². The maximum Gasteiger partial charge on any atom is 0.274 e. The topological polar surface area (TPSA) is 74.1 Å². The minimum Gasteiger partial charge on any atom is -0.394 e. The van der Waals surface area contributed by atoms with Crippen LogP contribution in [-0.4, -0.2) is 9.72 Å². The molecule has 0 aliphatic carbocycles. The molecule has 0 amide bonds. The molecule has 2 heterocycles. The zero-order valence-corrected chi connectivity index (χ0v) is 13.9. The van der Waals surface area contributed by atoms with Crippen molar-refractivity contribution in [3.05, 3.63) is 68.7 Å². The van der Waals surface area contributed by atoms with E-state index >= 15 is 0 Å². The number of rotatable bonds is 3. The van der Waals surface area contributed by atoms with Gasteiger partial charge >= 0.3 is 0 Å². The van der Waals surface area contributed by atoms with Crippen LogP contribution in [0.3, 0.4) is 0 Å². The lowest BCUT2D eigenvalue weighted by atomic mass is 10.1. The number of nitrogens with zero attached hydrogens (tertiary/aromatic N) is 2. The number of halogens is 2. The Labute approximate surface area is 142 Å². The summed E-state index contributed by atoms with van der Waals surface area (Å²) in [5.41, 5.74) is 8.58. The number of benzene rings is 1. The van der Waals surface area contributed by atoms with Crippen LogP contribution in [0.4, 0.5) is 10.1 Å². The average molecular weight is 348 g/mol. The molecule has 3 rings (SSSR count). The number of aryl methyl sites for hydroxylation is 2. The minimum absolute atomic E-state index is 0.00963. The minimum atomic E-state index is -0.503. The van der Waals surface area contributed by atoms with Crippen molar-refractivity contribution in [2.75, 3.05) is 5.73 Å². The number of anilines is 1. The first-order chi connectivity index (χ1) is 11.4. The molecule has 0 fully saturated rings. The molecule has 0 radical (unpaired) electrons. The van der Waals surface area contributed by atoms with Crippen molar-refractivity contribution >= 4 is 17.3 Å². The van der Waals surface area contributed by atoms with Crippen molar-refractivity contribution in [1.82, 2.24) is 9.72 Å². The van der Waals surface area contributed by atoms with E-state index in [2.05, 4.69) is 5.16 Å². The normalized spacial score (nSPS) is 11.0. The number of hydrogen-bond acceptors (Lipinski definition) is 4. The summed E-state index contributed by atoms with van der Waals surface area (Å²) < 4.78 is 19.9. The Morgan fingerprint density at radius 3 is 2.71 bits per heavy atom. The quantitative estimate of drug-likeness (QED) is 0.786. The fourth-order valence-corrected chi connectivity index (χ4v) is 2.85. The van der Waals surface area contributed by atoms with E-state index in [1.54, 1.807) is 25.3 Å². The molecule has 0 aliphatic rings. The Kier molecular flexibility index (Phi) is 4.15. The SMILES string of the molecule is Cc1noc(C)c1-c1cc(N)c(=O)n(Cc2ccc(F)c(Cl)c2)c1. The summed E-state index contributed by atoms with van der Waals surface area (Å²) in [4.78, 5) is 12.3. The van der Waals surface area contributed by atoms with Gasteiger partial charge in [-0.05, 0) is 37.6 Å². The highest BCUT2D eigenvalue weighted by molar-refractivity contribution is 6.30. The van der Waals surface area contributed by atoms with Gasteiger partial charge in [-0.1, -0.05) is 22.8 Å². The molecule has 5 nitrogen and oxygen atoms in total. The summed E-state index contributed by atoms with van der Waals surface area (Å²) in [5, 5.41) is 3.93. The van der Waals surface area contributed by atoms with Gasteiger partial charge < -0.3 is 14.8 Å².